The number of sulfonamides is 1. The van der Waals surface area contributed by atoms with E-state index in [0.29, 0.717) is 30.9 Å². The molecule has 2 heterocycles. The Bertz CT molecular complexity index is 1090. The molecule has 2 aromatic rings. The van der Waals surface area contributed by atoms with Crippen LogP contribution in [0.4, 0.5) is 0 Å². The molecule has 0 atom stereocenters. The summed E-state index contributed by atoms with van der Waals surface area (Å²) in [5.41, 5.74) is 1.47. The maximum Gasteiger partial charge on any atom is 0.267 e. The van der Waals surface area contributed by atoms with Crippen LogP contribution in [0.15, 0.2) is 72.1 Å². The van der Waals surface area contributed by atoms with Gasteiger partial charge in [0.15, 0.2) is 0 Å². The van der Waals surface area contributed by atoms with E-state index < -0.39 is 15.9 Å². The van der Waals surface area contributed by atoms with E-state index in [9.17, 15) is 13.2 Å². The van der Waals surface area contributed by atoms with Gasteiger partial charge in [-0.05, 0) is 29.8 Å². The van der Waals surface area contributed by atoms with E-state index >= 15 is 0 Å². The fraction of sp³-hybridized carbons (Fsp3) is 0.200. The number of hydrogen-bond acceptors (Lipinski definition) is 6. The number of allylic oxidation sites excluding steroid dienone is 2. The van der Waals surface area contributed by atoms with E-state index in [0.717, 1.165) is 11.6 Å². The van der Waals surface area contributed by atoms with Gasteiger partial charge in [-0.25, -0.2) is 13.1 Å². The van der Waals surface area contributed by atoms with Crippen LogP contribution in [0, 0.1) is 0 Å². The van der Waals surface area contributed by atoms with Gasteiger partial charge in [0.1, 0.15) is 16.4 Å². The number of methoxy groups -OCH3 is 1. The maximum absolute atomic E-state index is 12.7. The molecule has 1 fully saturated rings. The molecule has 0 spiro atoms. The second kappa shape index (κ2) is 8.36. The van der Waals surface area contributed by atoms with Crippen molar-refractivity contribution >= 4 is 15.9 Å². The third-order valence-electron chi connectivity index (χ3n) is 4.34. The quantitative estimate of drug-likeness (QED) is 0.743. The zero-order valence-corrected chi connectivity index (χ0v) is 16.7. The van der Waals surface area contributed by atoms with Crippen molar-refractivity contribution in [2.75, 3.05) is 13.7 Å². The van der Waals surface area contributed by atoms with Crippen LogP contribution in [0.3, 0.4) is 0 Å². The first-order valence-electron chi connectivity index (χ1n) is 8.75. The minimum absolute atomic E-state index is 0. The van der Waals surface area contributed by atoms with Gasteiger partial charge in [-0.2, -0.15) is 5.10 Å². The van der Waals surface area contributed by atoms with Gasteiger partial charge in [-0.1, -0.05) is 19.2 Å². The number of ether oxygens (including phenoxy) is 2. The number of amides is 1. The molecule has 0 aliphatic carbocycles. The van der Waals surface area contributed by atoms with Crippen LogP contribution in [-0.4, -0.2) is 37.8 Å². The standard InChI is InChI=1S/C20H21N3O5S.H2/c1-4-18(19-14(2)8-11-28-19)29(25,26)22-20(24)15-6-7-16(17(12-15)27-3)13-23-10-5-9-21-23;/h4-7,9-10,12H,1-2,8,11,13H2,3H3,(H,22,24);1H/b19-18-;. The Labute approximate surface area is 170 Å². The van der Waals surface area contributed by atoms with Gasteiger partial charge in [0.25, 0.3) is 15.9 Å². The number of benzene rings is 1. The molecule has 0 saturated carbocycles. The second-order valence-electron chi connectivity index (χ2n) is 6.26. The number of rotatable bonds is 7. The van der Waals surface area contributed by atoms with Crippen molar-refractivity contribution < 1.29 is 24.1 Å². The van der Waals surface area contributed by atoms with Gasteiger partial charge < -0.3 is 9.47 Å². The number of carbonyl (C=O) groups is 1. The van der Waals surface area contributed by atoms with Crippen molar-refractivity contribution in [3.8, 4) is 5.75 Å². The van der Waals surface area contributed by atoms with Crippen LogP contribution in [0.25, 0.3) is 0 Å². The first-order chi connectivity index (χ1) is 13.9. The molecule has 29 heavy (non-hydrogen) atoms. The van der Waals surface area contributed by atoms with E-state index in [1.807, 2.05) is 4.72 Å². The summed E-state index contributed by atoms with van der Waals surface area (Å²) < 4.78 is 39.8. The van der Waals surface area contributed by atoms with Crippen molar-refractivity contribution in [2.45, 2.75) is 13.0 Å². The summed E-state index contributed by atoms with van der Waals surface area (Å²) in [6.45, 7) is 8.09. The molecule has 1 aliphatic heterocycles. The lowest BCUT2D eigenvalue weighted by Gasteiger charge is -2.13. The normalized spacial score (nSPS) is 15.6. The summed E-state index contributed by atoms with van der Waals surface area (Å²) in [6.07, 6.45) is 5.11. The van der Waals surface area contributed by atoms with Crippen LogP contribution in [0.1, 0.15) is 23.8 Å². The van der Waals surface area contributed by atoms with Crippen LogP contribution >= 0.6 is 0 Å². The number of nitrogens with one attached hydrogen (secondary N) is 1. The van der Waals surface area contributed by atoms with E-state index in [2.05, 4.69) is 18.3 Å². The minimum Gasteiger partial charge on any atom is -0.496 e. The molecule has 0 bridgehead atoms. The van der Waals surface area contributed by atoms with Crippen molar-refractivity contribution in [1.82, 2.24) is 14.5 Å². The molecule has 3 rings (SSSR count). The van der Waals surface area contributed by atoms with Crippen LogP contribution < -0.4 is 9.46 Å². The van der Waals surface area contributed by atoms with E-state index in [1.54, 1.807) is 29.2 Å². The lowest BCUT2D eigenvalue weighted by molar-refractivity contribution is 0.0981. The van der Waals surface area contributed by atoms with Gasteiger partial charge in [-0.3, -0.25) is 9.48 Å². The molecule has 1 amide bonds. The van der Waals surface area contributed by atoms with Crippen molar-refractivity contribution in [3.63, 3.8) is 0 Å². The predicted molar refractivity (Wildman–Crippen MR) is 110 cm³/mol. The lowest BCUT2D eigenvalue weighted by atomic mass is 10.1. The molecular formula is C20H23N3O5S. The summed E-state index contributed by atoms with van der Waals surface area (Å²) in [4.78, 5) is 12.4. The SMILES string of the molecule is C=C/C(=C1/OCCC1=C)S(=O)(=O)NC(=O)c1ccc(Cn2cccn2)c(OC)c1.[HH]. The molecule has 1 N–H and O–H groups in total. The first-order valence-corrected chi connectivity index (χ1v) is 10.2. The summed E-state index contributed by atoms with van der Waals surface area (Å²) in [6, 6.07) is 6.50. The lowest BCUT2D eigenvalue weighted by Crippen LogP contribution is -2.31. The number of hydrogen-bond donors (Lipinski definition) is 1. The van der Waals surface area contributed by atoms with Crippen LogP contribution in [-0.2, 0) is 21.3 Å². The topological polar surface area (TPSA) is 99.5 Å². The van der Waals surface area contributed by atoms with Crippen molar-refractivity contribution in [1.29, 1.82) is 0 Å². The zero-order chi connectivity index (χ0) is 21.0. The molecular weight excluding hydrogens is 394 g/mol. The number of nitrogens with zero attached hydrogens (tertiary/aromatic N) is 2. The first kappa shape index (κ1) is 20.4. The van der Waals surface area contributed by atoms with E-state index in [1.165, 1.54) is 19.2 Å². The molecule has 1 aromatic heterocycles. The van der Waals surface area contributed by atoms with Crippen LogP contribution in [0.2, 0.25) is 0 Å². The largest absolute Gasteiger partial charge is 0.496 e. The Morgan fingerprint density at radius 3 is 2.86 bits per heavy atom. The van der Waals surface area contributed by atoms with Gasteiger partial charge in [-0.15, -0.1) is 0 Å². The smallest absolute Gasteiger partial charge is 0.267 e. The fourth-order valence-electron chi connectivity index (χ4n) is 2.88. The Kier molecular flexibility index (Phi) is 5.88. The van der Waals surface area contributed by atoms with Crippen molar-refractivity contribution in [2.24, 2.45) is 0 Å². The summed E-state index contributed by atoms with van der Waals surface area (Å²) in [5.74, 6) is -0.217. The van der Waals surface area contributed by atoms with Gasteiger partial charge in [0.05, 0.1) is 20.3 Å². The molecule has 0 radical (unpaired) electrons. The number of aromatic nitrogens is 2. The average molecular weight is 417 g/mol. The summed E-state index contributed by atoms with van der Waals surface area (Å²) in [7, 11) is -2.71. The Morgan fingerprint density at radius 1 is 1.48 bits per heavy atom. The van der Waals surface area contributed by atoms with Gasteiger partial charge in [0.2, 0.25) is 0 Å². The molecule has 1 saturated heterocycles. The molecule has 1 aliphatic rings. The van der Waals surface area contributed by atoms with Crippen LogP contribution in [0.5, 0.6) is 5.75 Å². The highest BCUT2D eigenvalue weighted by molar-refractivity contribution is 7.94. The Hall–Kier alpha value is -3.33. The highest BCUT2D eigenvalue weighted by atomic mass is 32.2. The highest BCUT2D eigenvalue weighted by Crippen LogP contribution is 2.28. The summed E-state index contributed by atoms with van der Waals surface area (Å²) in [5, 5.41) is 4.13. The Morgan fingerprint density at radius 2 is 2.28 bits per heavy atom. The third-order valence-corrected chi connectivity index (χ3v) is 5.72. The number of carbonyl (C=O) groups excluding carboxylic acids is 1. The fourth-order valence-corrected chi connectivity index (χ4v) is 4.02. The molecule has 9 heteroatoms. The van der Waals surface area contributed by atoms with Crippen molar-refractivity contribution in [3.05, 3.63) is 83.3 Å². The molecule has 0 unspecified atom stereocenters. The molecule has 8 nitrogen and oxygen atoms in total. The van der Waals surface area contributed by atoms with E-state index in [-0.39, 0.29) is 17.7 Å². The van der Waals surface area contributed by atoms with E-state index in [4.69, 9.17) is 9.47 Å². The monoisotopic (exact) mass is 417 g/mol. The summed E-state index contributed by atoms with van der Waals surface area (Å²) >= 11 is 0. The third kappa shape index (κ3) is 4.40. The van der Waals surface area contributed by atoms with Gasteiger partial charge >= 0.3 is 0 Å². The van der Waals surface area contributed by atoms with Gasteiger partial charge in [0, 0.05) is 31.4 Å². The molecule has 1 aromatic carbocycles. The predicted octanol–water partition coefficient (Wildman–Crippen LogP) is 2.62. The molecule has 154 valence electrons. The minimum atomic E-state index is -4.19. The second-order valence-corrected chi connectivity index (χ2v) is 7.92. The zero-order valence-electron chi connectivity index (χ0n) is 15.9. The average Bonchev–Trinajstić information content (AvgIpc) is 3.34. The maximum atomic E-state index is 12.7. The highest BCUT2D eigenvalue weighted by Gasteiger charge is 2.27. The Balaban J connectivity index is 0.00000320.